The molecule has 0 amide bonds. The van der Waals surface area contributed by atoms with E-state index in [-0.39, 0.29) is 0 Å². The van der Waals surface area contributed by atoms with Crippen molar-refractivity contribution in [1.82, 2.24) is 0 Å². The Morgan fingerprint density at radius 1 is 0.955 bits per heavy atom. The van der Waals surface area contributed by atoms with Gasteiger partial charge in [-0.05, 0) is 17.7 Å². The van der Waals surface area contributed by atoms with E-state index in [1.54, 1.807) is 12.1 Å². The molecule has 0 aromatic heterocycles. The van der Waals surface area contributed by atoms with Gasteiger partial charge in [-0.25, -0.2) is 0 Å². The van der Waals surface area contributed by atoms with Gasteiger partial charge < -0.3 is 15.2 Å². The highest BCUT2D eigenvalue weighted by atomic mass is 19.4. The minimum Gasteiger partial charge on any atom is -0.496 e. The Hall–Kier alpha value is -2.37. The van der Waals surface area contributed by atoms with Gasteiger partial charge >= 0.3 is 6.18 Å². The fourth-order valence-corrected chi connectivity index (χ4v) is 2.19. The number of rotatable bonds is 4. The number of ether oxygens (including phenoxy) is 2. The van der Waals surface area contributed by atoms with Crippen molar-refractivity contribution in [2.75, 3.05) is 20.0 Å². The van der Waals surface area contributed by atoms with E-state index in [4.69, 9.17) is 15.2 Å². The number of benzene rings is 2. The van der Waals surface area contributed by atoms with Crippen LogP contribution in [0.5, 0.6) is 11.5 Å². The zero-order valence-electron chi connectivity index (χ0n) is 12.2. The van der Waals surface area contributed by atoms with E-state index in [0.717, 1.165) is 23.3 Å². The molecule has 0 aliphatic rings. The summed E-state index contributed by atoms with van der Waals surface area (Å²) >= 11 is 0. The lowest BCUT2D eigenvalue weighted by molar-refractivity contribution is -0.137. The molecule has 0 heterocycles. The Morgan fingerprint density at radius 3 is 1.86 bits per heavy atom. The summed E-state index contributed by atoms with van der Waals surface area (Å²) in [5, 5.41) is 0. The standard InChI is InChI=1S/C16H16F3NO2/c1-21-14-8-12(20)9-15(22-2)13(14)7-10-3-5-11(6-4-10)16(17,18)19/h3-6,8-9H,7,20H2,1-2H3. The highest BCUT2D eigenvalue weighted by Gasteiger charge is 2.30. The van der Waals surface area contributed by atoms with Crippen molar-refractivity contribution in [2.24, 2.45) is 0 Å². The second-order valence-corrected chi connectivity index (χ2v) is 4.78. The lowest BCUT2D eigenvalue weighted by Crippen LogP contribution is -2.05. The number of nitrogens with two attached hydrogens (primary N) is 1. The van der Waals surface area contributed by atoms with Gasteiger partial charge in [0.05, 0.1) is 19.8 Å². The lowest BCUT2D eigenvalue weighted by atomic mass is 10.0. The van der Waals surface area contributed by atoms with Crippen LogP contribution in [-0.4, -0.2) is 14.2 Å². The molecule has 0 aliphatic heterocycles. The predicted molar refractivity (Wildman–Crippen MR) is 78.2 cm³/mol. The fourth-order valence-electron chi connectivity index (χ4n) is 2.19. The molecule has 0 aliphatic carbocycles. The van der Waals surface area contributed by atoms with Crippen molar-refractivity contribution in [2.45, 2.75) is 12.6 Å². The third-order valence-electron chi connectivity index (χ3n) is 3.29. The van der Waals surface area contributed by atoms with E-state index in [1.165, 1.54) is 26.4 Å². The molecule has 0 radical (unpaired) electrons. The highest BCUT2D eigenvalue weighted by molar-refractivity contribution is 5.57. The largest absolute Gasteiger partial charge is 0.496 e. The minimum atomic E-state index is -4.34. The molecule has 2 aromatic rings. The molecular weight excluding hydrogens is 295 g/mol. The number of methoxy groups -OCH3 is 2. The molecule has 6 heteroatoms. The smallest absolute Gasteiger partial charge is 0.416 e. The maximum absolute atomic E-state index is 12.6. The van der Waals surface area contributed by atoms with Crippen LogP contribution in [0.2, 0.25) is 0 Å². The van der Waals surface area contributed by atoms with Gasteiger partial charge in [-0.3, -0.25) is 0 Å². The molecule has 0 unspecified atom stereocenters. The van der Waals surface area contributed by atoms with Crippen molar-refractivity contribution in [3.63, 3.8) is 0 Å². The van der Waals surface area contributed by atoms with Gasteiger partial charge in [-0.15, -0.1) is 0 Å². The molecular formula is C16H16F3NO2. The molecule has 0 fully saturated rings. The molecule has 3 nitrogen and oxygen atoms in total. The summed E-state index contributed by atoms with van der Waals surface area (Å²) in [5.74, 6) is 1.08. The van der Waals surface area contributed by atoms with Crippen LogP contribution in [0.15, 0.2) is 36.4 Å². The van der Waals surface area contributed by atoms with Crippen LogP contribution < -0.4 is 15.2 Å². The average Bonchev–Trinajstić information content (AvgIpc) is 2.48. The Morgan fingerprint density at radius 2 is 1.45 bits per heavy atom. The van der Waals surface area contributed by atoms with Crippen LogP contribution in [-0.2, 0) is 12.6 Å². The molecule has 2 N–H and O–H groups in total. The first-order chi connectivity index (χ1) is 10.3. The van der Waals surface area contributed by atoms with Gasteiger partial charge in [0.15, 0.2) is 0 Å². The van der Waals surface area contributed by atoms with Crippen LogP contribution in [0.1, 0.15) is 16.7 Å². The van der Waals surface area contributed by atoms with E-state index in [2.05, 4.69) is 0 Å². The van der Waals surface area contributed by atoms with E-state index >= 15 is 0 Å². The SMILES string of the molecule is COc1cc(N)cc(OC)c1Cc1ccc(C(F)(F)F)cc1. The molecule has 0 saturated carbocycles. The van der Waals surface area contributed by atoms with Crippen molar-refractivity contribution >= 4 is 5.69 Å². The molecule has 2 rings (SSSR count). The molecule has 0 saturated heterocycles. The van der Waals surface area contributed by atoms with Gasteiger partial charge in [0.2, 0.25) is 0 Å². The molecule has 2 aromatic carbocycles. The monoisotopic (exact) mass is 311 g/mol. The van der Waals surface area contributed by atoms with Crippen molar-refractivity contribution in [3.8, 4) is 11.5 Å². The molecule has 0 atom stereocenters. The van der Waals surface area contributed by atoms with Crippen molar-refractivity contribution in [3.05, 3.63) is 53.1 Å². The molecule has 118 valence electrons. The lowest BCUT2D eigenvalue weighted by Gasteiger charge is -2.15. The normalized spacial score (nSPS) is 11.3. The second-order valence-electron chi connectivity index (χ2n) is 4.78. The van der Waals surface area contributed by atoms with Gasteiger partial charge in [-0.1, -0.05) is 12.1 Å². The molecule has 0 spiro atoms. The average molecular weight is 311 g/mol. The maximum atomic E-state index is 12.6. The maximum Gasteiger partial charge on any atom is 0.416 e. The minimum absolute atomic E-state index is 0.380. The van der Waals surface area contributed by atoms with Crippen LogP contribution in [0, 0.1) is 0 Å². The third-order valence-corrected chi connectivity index (χ3v) is 3.29. The second kappa shape index (κ2) is 6.17. The summed E-state index contributed by atoms with van der Waals surface area (Å²) in [6, 6.07) is 8.32. The number of nitrogen functional groups attached to an aromatic ring is 1. The summed E-state index contributed by atoms with van der Waals surface area (Å²) in [5.41, 5.74) is 7.02. The van der Waals surface area contributed by atoms with E-state index in [9.17, 15) is 13.2 Å². The topological polar surface area (TPSA) is 44.5 Å². The first-order valence-corrected chi connectivity index (χ1v) is 6.51. The van der Waals surface area contributed by atoms with Crippen LogP contribution in [0.25, 0.3) is 0 Å². The summed E-state index contributed by atoms with van der Waals surface area (Å²) in [6.45, 7) is 0. The Kier molecular flexibility index (Phi) is 4.49. The highest BCUT2D eigenvalue weighted by Crippen LogP contribution is 2.34. The van der Waals surface area contributed by atoms with Crippen LogP contribution in [0.3, 0.4) is 0 Å². The zero-order chi connectivity index (χ0) is 16.3. The summed E-state index contributed by atoms with van der Waals surface area (Å²) in [4.78, 5) is 0. The number of hydrogen-bond acceptors (Lipinski definition) is 3. The van der Waals surface area contributed by atoms with Crippen LogP contribution in [0.4, 0.5) is 18.9 Å². The van der Waals surface area contributed by atoms with E-state index in [1.807, 2.05) is 0 Å². The molecule has 22 heavy (non-hydrogen) atoms. The molecule has 0 bridgehead atoms. The number of hydrogen-bond donors (Lipinski definition) is 1. The van der Waals surface area contributed by atoms with Crippen molar-refractivity contribution < 1.29 is 22.6 Å². The summed E-state index contributed by atoms with van der Waals surface area (Å²) in [7, 11) is 3.01. The number of alkyl halides is 3. The predicted octanol–water partition coefficient (Wildman–Crippen LogP) is 3.90. The van der Waals surface area contributed by atoms with Gasteiger partial charge in [0, 0.05) is 29.8 Å². The van der Waals surface area contributed by atoms with Crippen molar-refractivity contribution in [1.29, 1.82) is 0 Å². The van der Waals surface area contributed by atoms with Gasteiger partial charge in [-0.2, -0.15) is 13.2 Å². The van der Waals surface area contributed by atoms with Gasteiger partial charge in [0.25, 0.3) is 0 Å². The summed E-state index contributed by atoms with van der Waals surface area (Å²) in [6.07, 6.45) is -3.96. The Balaban J connectivity index is 2.34. The van der Waals surface area contributed by atoms with E-state index < -0.39 is 11.7 Å². The quantitative estimate of drug-likeness (QED) is 0.871. The number of halogens is 3. The van der Waals surface area contributed by atoms with Crippen LogP contribution >= 0.6 is 0 Å². The number of anilines is 1. The summed E-state index contributed by atoms with van der Waals surface area (Å²) < 4.78 is 48.3. The van der Waals surface area contributed by atoms with E-state index in [0.29, 0.717) is 23.6 Å². The zero-order valence-corrected chi connectivity index (χ0v) is 12.2. The third kappa shape index (κ3) is 3.44. The Labute approximate surface area is 126 Å². The first-order valence-electron chi connectivity index (χ1n) is 6.51. The van der Waals surface area contributed by atoms with Gasteiger partial charge in [0.1, 0.15) is 11.5 Å². The Bertz CT molecular complexity index is 626. The fraction of sp³-hybridized carbons (Fsp3) is 0.250. The first kappa shape index (κ1) is 16.0.